The van der Waals surface area contributed by atoms with E-state index in [1.165, 1.54) is 23.2 Å². The maximum Gasteiger partial charge on any atom is 0.303 e. The zero-order valence-corrected chi connectivity index (χ0v) is 21.0. The monoisotopic (exact) mass is 528 g/mol. The highest BCUT2D eigenvalue weighted by Gasteiger charge is 2.35. The summed E-state index contributed by atoms with van der Waals surface area (Å²) in [6.45, 7) is 4.84. The van der Waals surface area contributed by atoms with Crippen LogP contribution in [-0.4, -0.2) is 40.8 Å². The van der Waals surface area contributed by atoms with E-state index in [4.69, 9.17) is 10.5 Å². The van der Waals surface area contributed by atoms with Gasteiger partial charge in [0.25, 0.3) is 5.91 Å². The minimum Gasteiger partial charge on any atom is -0.453 e. The van der Waals surface area contributed by atoms with Crippen molar-refractivity contribution in [1.82, 2.24) is 10.3 Å². The fourth-order valence-corrected chi connectivity index (χ4v) is 4.50. The number of nitrogen functional groups attached to an aromatic ring is 1. The van der Waals surface area contributed by atoms with E-state index in [-0.39, 0.29) is 47.1 Å². The molecule has 0 saturated heterocycles. The van der Waals surface area contributed by atoms with Gasteiger partial charge < -0.3 is 25.8 Å². The number of nitrogens with two attached hydrogens (primary N) is 1. The molecular weight excluding hydrogens is 501 g/mol. The molecule has 11 heteroatoms. The van der Waals surface area contributed by atoms with Crippen molar-refractivity contribution in [3.8, 4) is 11.1 Å². The van der Waals surface area contributed by atoms with E-state index in [0.717, 1.165) is 19.1 Å². The molecule has 4 rings (SSSR count). The molecular formula is C27H27F3N4O4. The van der Waals surface area contributed by atoms with E-state index < -0.39 is 41.7 Å². The van der Waals surface area contributed by atoms with Gasteiger partial charge in [-0.25, -0.2) is 18.2 Å². The van der Waals surface area contributed by atoms with E-state index in [9.17, 15) is 23.5 Å². The second-order valence-electron chi connectivity index (χ2n) is 9.30. The van der Waals surface area contributed by atoms with Crippen LogP contribution >= 0.6 is 0 Å². The Morgan fingerprint density at radius 3 is 2.45 bits per heavy atom. The predicted molar refractivity (Wildman–Crippen MR) is 135 cm³/mol. The first-order valence-electron chi connectivity index (χ1n) is 11.9. The lowest BCUT2D eigenvalue weighted by Crippen LogP contribution is -2.40. The van der Waals surface area contributed by atoms with E-state index in [1.807, 2.05) is 0 Å². The topological polar surface area (TPSA) is 118 Å². The van der Waals surface area contributed by atoms with Gasteiger partial charge >= 0.3 is 5.97 Å². The van der Waals surface area contributed by atoms with Crippen LogP contribution in [-0.2, 0) is 16.0 Å². The Balaban J connectivity index is 1.68. The first-order valence-corrected chi connectivity index (χ1v) is 11.9. The number of fused-ring (bicyclic) bond motifs is 1. The number of rotatable bonds is 7. The lowest BCUT2D eigenvalue weighted by atomic mass is 10.00. The van der Waals surface area contributed by atoms with Crippen molar-refractivity contribution in [2.24, 2.45) is 0 Å². The summed E-state index contributed by atoms with van der Waals surface area (Å²) in [6.07, 6.45) is -1.44. The molecule has 1 aromatic heterocycles. The Morgan fingerprint density at radius 2 is 1.82 bits per heavy atom. The molecule has 4 N–H and O–H groups in total. The van der Waals surface area contributed by atoms with Gasteiger partial charge in [-0.05, 0) is 50.6 Å². The van der Waals surface area contributed by atoms with Crippen molar-refractivity contribution >= 4 is 23.4 Å². The summed E-state index contributed by atoms with van der Waals surface area (Å²) < 4.78 is 48.7. The normalized spacial score (nSPS) is 14.3. The first kappa shape index (κ1) is 26.9. The van der Waals surface area contributed by atoms with Gasteiger partial charge in [0, 0.05) is 59.7 Å². The molecule has 2 heterocycles. The van der Waals surface area contributed by atoms with Crippen LogP contribution in [0.25, 0.3) is 11.1 Å². The van der Waals surface area contributed by atoms with Crippen molar-refractivity contribution in [3.05, 3.63) is 76.7 Å². The number of hydrogen-bond acceptors (Lipinski definition) is 7. The summed E-state index contributed by atoms with van der Waals surface area (Å²) in [5.41, 5.74) is 7.01. The maximum absolute atomic E-state index is 15.7. The number of aromatic nitrogens is 1. The summed E-state index contributed by atoms with van der Waals surface area (Å²) in [7, 11) is 0. The number of ether oxygens (including phenoxy) is 1. The number of nitrogens with zero attached hydrogens (tertiary/aromatic N) is 2. The van der Waals surface area contributed by atoms with Crippen molar-refractivity contribution in [3.63, 3.8) is 0 Å². The lowest BCUT2D eigenvalue weighted by Gasteiger charge is -2.32. The second-order valence-corrected chi connectivity index (χ2v) is 9.30. The maximum atomic E-state index is 15.7. The van der Waals surface area contributed by atoms with Gasteiger partial charge in [-0.1, -0.05) is 0 Å². The van der Waals surface area contributed by atoms with Crippen molar-refractivity contribution in [2.45, 2.75) is 45.6 Å². The molecule has 200 valence electrons. The second kappa shape index (κ2) is 10.7. The Bertz CT molecular complexity index is 1380. The minimum atomic E-state index is -1.56. The Kier molecular flexibility index (Phi) is 7.58. The molecule has 38 heavy (non-hydrogen) atoms. The Labute approximate surface area is 217 Å². The molecule has 3 aromatic rings. The van der Waals surface area contributed by atoms with Gasteiger partial charge in [-0.15, -0.1) is 0 Å². The van der Waals surface area contributed by atoms with Gasteiger partial charge in [0.15, 0.2) is 12.3 Å². The number of benzene rings is 2. The number of hydrogen-bond donors (Lipinski definition) is 3. The molecule has 1 amide bonds. The molecule has 1 aliphatic rings. The number of amides is 1. The Hall–Kier alpha value is -4.12. The predicted octanol–water partition coefficient (Wildman–Crippen LogP) is 3.87. The van der Waals surface area contributed by atoms with Crippen molar-refractivity contribution < 1.29 is 32.6 Å². The number of anilines is 2. The standard InChI is InChI=1S/C27H27F3N4O4/c1-13(2)33-26(36)21-10-16(12-32-25(21)31)19-4-5-22-20(23(19)30)6-7-34(22)27(37)24(38-14(3)35)15-8-17(28)11-18(29)9-15/h4-5,8-13,24,27,37H,6-7H2,1-3H3,(H2,31,32)(H,33,36). The van der Waals surface area contributed by atoms with E-state index in [1.54, 1.807) is 19.9 Å². The molecule has 8 nitrogen and oxygen atoms in total. The molecule has 0 radical (unpaired) electrons. The number of nitrogens with one attached hydrogen (secondary N) is 1. The number of carbonyl (C=O) groups excluding carboxylic acids is 2. The summed E-state index contributed by atoms with van der Waals surface area (Å²) in [4.78, 5) is 29.7. The molecule has 1 aliphatic heterocycles. The molecule has 0 aliphatic carbocycles. The number of carbonyl (C=O) groups is 2. The van der Waals surface area contributed by atoms with E-state index in [0.29, 0.717) is 17.3 Å². The summed E-state index contributed by atoms with van der Waals surface area (Å²) in [6, 6.07) is 6.95. The molecule has 0 spiro atoms. The zero-order valence-electron chi connectivity index (χ0n) is 21.0. The van der Waals surface area contributed by atoms with E-state index in [2.05, 4.69) is 10.3 Å². The van der Waals surface area contributed by atoms with Crippen LogP contribution in [0, 0.1) is 17.5 Å². The fraction of sp³-hybridized carbons (Fsp3) is 0.296. The molecule has 2 atom stereocenters. The van der Waals surface area contributed by atoms with Crippen LogP contribution in [0.3, 0.4) is 0 Å². The average Bonchev–Trinajstić information content (AvgIpc) is 3.27. The largest absolute Gasteiger partial charge is 0.453 e. The first-order chi connectivity index (χ1) is 18.0. The van der Waals surface area contributed by atoms with Gasteiger partial charge in [0.1, 0.15) is 23.3 Å². The molecule has 0 saturated carbocycles. The summed E-state index contributed by atoms with van der Waals surface area (Å²) in [5.74, 6) is -3.59. The number of aliphatic hydroxyl groups is 1. The van der Waals surface area contributed by atoms with Crippen LogP contribution in [0.4, 0.5) is 24.7 Å². The fourth-order valence-electron chi connectivity index (χ4n) is 4.50. The van der Waals surface area contributed by atoms with Gasteiger partial charge in [0.05, 0.1) is 5.56 Å². The zero-order chi connectivity index (χ0) is 27.7. The van der Waals surface area contributed by atoms with E-state index >= 15 is 4.39 Å². The van der Waals surface area contributed by atoms with Crippen LogP contribution in [0.2, 0.25) is 0 Å². The molecule has 2 unspecified atom stereocenters. The molecule has 0 bridgehead atoms. The third kappa shape index (κ3) is 5.42. The smallest absolute Gasteiger partial charge is 0.303 e. The highest BCUT2D eigenvalue weighted by atomic mass is 19.1. The van der Waals surface area contributed by atoms with Crippen LogP contribution < -0.4 is 16.0 Å². The number of pyridine rings is 1. The van der Waals surface area contributed by atoms with Gasteiger partial charge in [0.2, 0.25) is 0 Å². The van der Waals surface area contributed by atoms with Crippen LogP contribution in [0.1, 0.15) is 48.4 Å². The average molecular weight is 529 g/mol. The third-order valence-electron chi connectivity index (χ3n) is 6.12. The van der Waals surface area contributed by atoms with Gasteiger partial charge in [-0.3, -0.25) is 9.59 Å². The highest BCUT2D eigenvalue weighted by Crippen LogP contribution is 2.39. The number of halogens is 3. The number of esters is 1. The SMILES string of the molecule is CC(=O)OC(c1cc(F)cc(F)c1)C(O)N1CCc2c1ccc(-c1cnc(N)c(C(=O)NC(C)C)c1)c2F. The number of aliphatic hydroxyl groups excluding tert-OH is 1. The lowest BCUT2D eigenvalue weighted by molar-refractivity contribution is -0.153. The van der Waals surface area contributed by atoms with Gasteiger partial charge in [-0.2, -0.15) is 0 Å². The summed E-state index contributed by atoms with van der Waals surface area (Å²) >= 11 is 0. The third-order valence-corrected chi connectivity index (χ3v) is 6.12. The highest BCUT2D eigenvalue weighted by molar-refractivity contribution is 5.99. The summed E-state index contributed by atoms with van der Waals surface area (Å²) in [5, 5.41) is 13.9. The molecule has 2 aromatic carbocycles. The van der Waals surface area contributed by atoms with Crippen molar-refractivity contribution in [2.75, 3.05) is 17.2 Å². The molecule has 0 fully saturated rings. The van der Waals surface area contributed by atoms with Crippen molar-refractivity contribution in [1.29, 1.82) is 0 Å². The quantitative estimate of drug-likeness (QED) is 0.399. The Morgan fingerprint density at radius 1 is 1.13 bits per heavy atom. The van der Waals surface area contributed by atoms with Crippen LogP contribution in [0.15, 0.2) is 42.6 Å². The van der Waals surface area contributed by atoms with Crippen LogP contribution in [0.5, 0.6) is 0 Å². The minimum absolute atomic E-state index is 0.00747.